The number of fused-ring (bicyclic) bond motifs is 3. The zero-order chi connectivity index (χ0) is 19.0. The number of para-hydroxylation sites is 1. The van der Waals surface area contributed by atoms with Crippen LogP contribution in [0.15, 0.2) is 38.7 Å². The minimum absolute atomic E-state index is 0.0128. The quantitative estimate of drug-likeness (QED) is 0.472. The number of hydrogen-bond donors (Lipinski definition) is 0. The molecule has 0 atom stereocenters. The highest BCUT2D eigenvalue weighted by Gasteiger charge is 2.18. The first-order valence-electron chi connectivity index (χ1n) is 9.03. The maximum absolute atomic E-state index is 12.9. The average Bonchev–Trinajstić information content (AvgIpc) is 3.24. The van der Waals surface area contributed by atoms with Crippen LogP contribution in [-0.2, 0) is 12.3 Å². The topological polar surface area (TPSA) is 78.2 Å². The molecule has 27 heavy (non-hydrogen) atoms. The molecule has 0 spiro atoms. The van der Waals surface area contributed by atoms with Gasteiger partial charge in [0.25, 0.3) is 5.56 Å². The van der Waals surface area contributed by atoms with Gasteiger partial charge in [-0.15, -0.1) is 10.2 Å². The van der Waals surface area contributed by atoms with E-state index in [0.717, 1.165) is 40.5 Å². The fourth-order valence-corrected chi connectivity index (χ4v) is 4.28. The average molecular weight is 383 g/mol. The van der Waals surface area contributed by atoms with Crippen molar-refractivity contribution < 1.29 is 4.52 Å². The van der Waals surface area contributed by atoms with Gasteiger partial charge in [0.2, 0.25) is 5.78 Å². The number of benzene rings is 1. The Morgan fingerprint density at radius 3 is 2.74 bits per heavy atom. The molecule has 4 rings (SSSR count). The fourth-order valence-electron chi connectivity index (χ4n) is 3.19. The fraction of sp³-hybridized carbons (Fsp3) is 0.368. The predicted molar refractivity (Wildman–Crippen MR) is 105 cm³/mol. The standard InChI is InChI=1S/C19H21N5O2S/c1-4-5-10-23-17(25)14-8-6-7-9-16(14)24-18(23)20-21-19(24)27-11-15-12(2)22-26-13(15)3/h6-9H,4-5,10-11H2,1-3H3. The highest BCUT2D eigenvalue weighted by molar-refractivity contribution is 7.98. The van der Waals surface area contributed by atoms with Crippen LogP contribution in [-0.4, -0.2) is 24.3 Å². The van der Waals surface area contributed by atoms with Crippen molar-refractivity contribution >= 4 is 28.4 Å². The number of unbranched alkanes of at least 4 members (excludes halogenated alkanes) is 1. The number of hydrogen-bond acceptors (Lipinski definition) is 6. The van der Waals surface area contributed by atoms with Gasteiger partial charge in [0, 0.05) is 17.9 Å². The Morgan fingerprint density at radius 1 is 1.19 bits per heavy atom. The zero-order valence-electron chi connectivity index (χ0n) is 15.6. The van der Waals surface area contributed by atoms with Gasteiger partial charge in [-0.3, -0.25) is 13.8 Å². The summed E-state index contributed by atoms with van der Waals surface area (Å²) in [5, 5.41) is 14.2. The van der Waals surface area contributed by atoms with Crippen molar-refractivity contribution in [3.63, 3.8) is 0 Å². The third-order valence-electron chi connectivity index (χ3n) is 4.74. The molecule has 0 unspecified atom stereocenters. The molecule has 4 aromatic rings. The van der Waals surface area contributed by atoms with Crippen molar-refractivity contribution in [2.24, 2.45) is 0 Å². The normalized spacial score (nSPS) is 11.7. The first kappa shape index (κ1) is 17.8. The monoisotopic (exact) mass is 383 g/mol. The molecule has 1 aromatic carbocycles. The van der Waals surface area contributed by atoms with Crippen LogP contribution in [0.4, 0.5) is 0 Å². The Labute approximate surface area is 160 Å². The SMILES string of the molecule is CCCCn1c(=O)c2ccccc2n2c(SCc3c(C)noc3C)nnc12. The smallest absolute Gasteiger partial charge is 0.262 e. The van der Waals surface area contributed by atoms with Gasteiger partial charge in [-0.1, -0.05) is 42.4 Å². The molecule has 0 aliphatic rings. The van der Waals surface area contributed by atoms with Gasteiger partial charge in [0.05, 0.1) is 16.6 Å². The van der Waals surface area contributed by atoms with Crippen LogP contribution in [0.2, 0.25) is 0 Å². The third-order valence-corrected chi connectivity index (χ3v) is 5.70. The molecule has 0 saturated heterocycles. The molecule has 3 heterocycles. The number of rotatable bonds is 6. The maximum atomic E-state index is 12.9. The van der Waals surface area contributed by atoms with E-state index in [9.17, 15) is 4.79 Å². The summed E-state index contributed by atoms with van der Waals surface area (Å²) < 4.78 is 8.97. The lowest BCUT2D eigenvalue weighted by Crippen LogP contribution is -2.23. The molecular weight excluding hydrogens is 362 g/mol. The third kappa shape index (κ3) is 3.03. The number of aromatic nitrogens is 5. The molecule has 0 aliphatic carbocycles. The van der Waals surface area contributed by atoms with E-state index in [-0.39, 0.29) is 5.56 Å². The molecule has 0 amide bonds. The van der Waals surface area contributed by atoms with E-state index in [2.05, 4.69) is 22.3 Å². The van der Waals surface area contributed by atoms with Crippen LogP contribution < -0.4 is 5.56 Å². The van der Waals surface area contributed by atoms with Crippen molar-refractivity contribution in [2.75, 3.05) is 0 Å². The van der Waals surface area contributed by atoms with Crippen molar-refractivity contribution in [1.29, 1.82) is 0 Å². The number of thioether (sulfide) groups is 1. The highest BCUT2D eigenvalue weighted by atomic mass is 32.2. The Kier molecular flexibility index (Phi) is 4.73. The summed E-state index contributed by atoms with van der Waals surface area (Å²) in [6.45, 7) is 6.59. The number of aryl methyl sites for hydroxylation is 3. The summed E-state index contributed by atoms with van der Waals surface area (Å²) in [4.78, 5) is 12.9. The molecule has 0 aliphatic heterocycles. The minimum Gasteiger partial charge on any atom is -0.361 e. The Hall–Kier alpha value is -2.61. The molecule has 3 aromatic heterocycles. The second kappa shape index (κ2) is 7.19. The van der Waals surface area contributed by atoms with Crippen LogP contribution in [0, 0.1) is 13.8 Å². The lowest BCUT2D eigenvalue weighted by Gasteiger charge is -2.10. The summed E-state index contributed by atoms with van der Waals surface area (Å²) in [7, 11) is 0. The Morgan fingerprint density at radius 2 is 2.00 bits per heavy atom. The molecule has 0 fully saturated rings. The van der Waals surface area contributed by atoms with Gasteiger partial charge in [-0.25, -0.2) is 0 Å². The van der Waals surface area contributed by atoms with E-state index in [1.807, 2.05) is 42.5 Å². The van der Waals surface area contributed by atoms with Gasteiger partial charge in [0.1, 0.15) is 5.76 Å². The summed E-state index contributed by atoms with van der Waals surface area (Å²) in [6.07, 6.45) is 1.93. The van der Waals surface area contributed by atoms with Crippen molar-refractivity contribution in [3.8, 4) is 0 Å². The molecule has 140 valence electrons. The maximum Gasteiger partial charge on any atom is 0.262 e. The van der Waals surface area contributed by atoms with E-state index in [1.165, 1.54) is 0 Å². The van der Waals surface area contributed by atoms with Gasteiger partial charge >= 0.3 is 0 Å². The summed E-state index contributed by atoms with van der Waals surface area (Å²) in [6, 6.07) is 7.63. The molecular formula is C19H21N5O2S. The van der Waals surface area contributed by atoms with E-state index in [4.69, 9.17) is 4.52 Å². The molecule has 7 nitrogen and oxygen atoms in total. The van der Waals surface area contributed by atoms with E-state index < -0.39 is 0 Å². The van der Waals surface area contributed by atoms with E-state index in [1.54, 1.807) is 16.3 Å². The summed E-state index contributed by atoms with van der Waals surface area (Å²) in [5.41, 5.74) is 2.77. The first-order chi connectivity index (χ1) is 13.1. The van der Waals surface area contributed by atoms with Crippen molar-refractivity contribution in [3.05, 3.63) is 51.6 Å². The van der Waals surface area contributed by atoms with E-state index in [0.29, 0.717) is 23.5 Å². The van der Waals surface area contributed by atoms with Gasteiger partial charge in [-0.05, 0) is 32.4 Å². The second-order valence-corrected chi connectivity index (χ2v) is 7.48. The van der Waals surface area contributed by atoms with Crippen LogP contribution in [0.25, 0.3) is 16.7 Å². The van der Waals surface area contributed by atoms with Gasteiger partial charge in [-0.2, -0.15) is 0 Å². The van der Waals surface area contributed by atoms with Crippen LogP contribution in [0.5, 0.6) is 0 Å². The molecule has 0 radical (unpaired) electrons. The minimum atomic E-state index is -0.0128. The van der Waals surface area contributed by atoms with Crippen LogP contribution in [0.3, 0.4) is 0 Å². The molecule has 8 heteroatoms. The lowest BCUT2D eigenvalue weighted by molar-refractivity contribution is 0.392. The molecule has 0 saturated carbocycles. The van der Waals surface area contributed by atoms with Crippen LogP contribution in [0.1, 0.15) is 36.8 Å². The molecule has 0 N–H and O–H groups in total. The van der Waals surface area contributed by atoms with E-state index >= 15 is 0 Å². The summed E-state index contributed by atoms with van der Waals surface area (Å²) in [5.74, 6) is 2.09. The largest absolute Gasteiger partial charge is 0.361 e. The lowest BCUT2D eigenvalue weighted by atomic mass is 10.2. The highest BCUT2D eigenvalue weighted by Crippen LogP contribution is 2.27. The zero-order valence-corrected chi connectivity index (χ0v) is 16.4. The van der Waals surface area contributed by atoms with Crippen molar-refractivity contribution in [2.45, 2.75) is 51.1 Å². The van der Waals surface area contributed by atoms with Crippen molar-refractivity contribution in [1.82, 2.24) is 24.3 Å². The predicted octanol–water partition coefficient (Wildman–Crippen LogP) is 3.74. The summed E-state index contributed by atoms with van der Waals surface area (Å²) >= 11 is 1.57. The first-order valence-corrected chi connectivity index (χ1v) is 10.0. The Balaban J connectivity index is 1.85. The van der Waals surface area contributed by atoms with Gasteiger partial charge < -0.3 is 4.52 Å². The van der Waals surface area contributed by atoms with Gasteiger partial charge in [0.15, 0.2) is 5.16 Å². The van der Waals surface area contributed by atoms with Crippen LogP contribution >= 0.6 is 11.8 Å². The number of nitrogens with zero attached hydrogens (tertiary/aromatic N) is 5. The molecule has 0 bridgehead atoms. The Bertz CT molecular complexity index is 1150. The second-order valence-electron chi connectivity index (χ2n) is 6.54.